The minimum atomic E-state index is -4.95. The van der Waals surface area contributed by atoms with Crippen molar-refractivity contribution in [3.63, 3.8) is 0 Å². The number of unbranched alkanes of at least 4 members (excludes halogenated alkanes) is 44. The van der Waals surface area contributed by atoms with E-state index >= 15 is 0 Å². The zero-order chi connectivity index (χ0) is 67.0. The van der Waals surface area contributed by atoms with Crippen LogP contribution >= 0.6 is 15.6 Å². The molecule has 0 aliphatic heterocycles. The molecule has 0 aromatic heterocycles. The summed E-state index contributed by atoms with van der Waals surface area (Å²) < 4.78 is 68.3. The molecule has 17 nitrogen and oxygen atoms in total. The predicted octanol–water partition coefficient (Wildman–Crippen LogP) is 20.9. The highest BCUT2D eigenvalue weighted by atomic mass is 31.2. The van der Waals surface area contributed by atoms with Crippen molar-refractivity contribution in [2.75, 3.05) is 39.6 Å². The maximum absolute atomic E-state index is 13.0. The van der Waals surface area contributed by atoms with Crippen LogP contribution in [0.3, 0.4) is 0 Å². The molecular formula is C72H140O17P2. The second-order valence-corrected chi connectivity index (χ2v) is 29.4. The van der Waals surface area contributed by atoms with Gasteiger partial charge < -0.3 is 33.8 Å². The van der Waals surface area contributed by atoms with Crippen LogP contribution in [0, 0.1) is 5.92 Å². The first-order chi connectivity index (χ1) is 44.0. The standard InChI is InChI=1S/C72H140O17P2/c1-6-9-12-15-18-21-23-25-26-27-28-29-31-33-37-42-47-52-57-71(76)88-68(62-83-70(75)56-51-46-41-36-32-30-24-22-19-16-13-10-7-2)64-87-91(80,81)85-60-66(73)59-84-90(78,79)86-63-67(61-82-69(74)55-50-45-40-20-17-14-11-8-3)89-72(77)58-53-48-43-38-34-35-39-44-49-54-65(4)5/h65-68,73H,6-64H2,1-5H3,(H,78,79)(H,80,81)/t66-,67+,68+/m0/s1. The molecular weight excluding hydrogens is 1200 g/mol. The highest BCUT2D eigenvalue weighted by molar-refractivity contribution is 7.47. The van der Waals surface area contributed by atoms with Gasteiger partial charge in [-0.25, -0.2) is 9.13 Å². The van der Waals surface area contributed by atoms with Crippen LogP contribution in [-0.4, -0.2) is 96.7 Å². The Morgan fingerprint density at radius 2 is 0.505 bits per heavy atom. The number of hydrogen-bond acceptors (Lipinski definition) is 15. The molecule has 0 fully saturated rings. The maximum atomic E-state index is 13.0. The van der Waals surface area contributed by atoms with Crippen molar-refractivity contribution >= 4 is 39.5 Å². The van der Waals surface area contributed by atoms with E-state index in [1.165, 1.54) is 193 Å². The van der Waals surface area contributed by atoms with Crippen LogP contribution in [0.1, 0.15) is 375 Å². The van der Waals surface area contributed by atoms with E-state index in [4.69, 9.17) is 37.0 Å². The second kappa shape index (κ2) is 65.4. The van der Waals surface area contributed by atoms with Crippen molar-refractivity contribution in [2.45, 2.75) is 393 Å². The van der Waals surface area contributed by atoms with Crippen LogP contribution in [0.15, 0.2) is 0 Å². The summed E-state index contributed by atoms with van der Waals surface area (Å²) in [6.07, 6.45) is 52.8. The summed E-state index contributed by atoms with van der Waals surface area (Å²) in [5.74, 6) is -1.38. The monoisotopic (exact) mass is 1340 g/mol. The van der Waals surface area contributed by atoms with Gasteiger partial charge in [0.05, 0.1) is 26.4 Å². The predicted molar refractivity (Wildman–Crippen MR) is 368 cm³/mol. The van der Waals surface area contributed by atoms with E-state index in [1.807, 2.05) is 0 Å². The Hall–Kier alpha value is -1.94. The molecule has 0 amide bonds. The van der Waals surface area contributed by atoms with Gasteiger partial charge in [-0.1, -0.05) is 324 Å². The van der Waals surface area contributed by atoms with E-state index in [0.717, 1.165) is 102 Å². The molecule has 540 valence electrons. The Morgan fingerprint density at radius 1 is 0.297 bits per heavy atom. The van der Waals surface area contributed by atoms with Crippen molar-refractivity contribution in [3.05, 3.63) is 0 Å². The van der Waals surface area contributed by atoms with E-state index in [0.29, 0.717) is 25.7 Å². The van der Waals surface area contributed by atoms with Gasteiger partial charge >= 0.3 is 39.5 Å². The summed E-state index contributed by atoms with van der Waals surface area (Å²) in [4.78, 5) is 72.5. The maximum Gasteiger partial charge on any atom is 0.472 e. The fraction of sp³-hybridized carbons (Fsp3) is 0.944. The van der Waals surface area contributed by atoms with E-state index in [2.05, 4.69) is 34.6 Å². The van der Waals surface area contributed by atoms with Crippen LogP contribution in [0.5, 0.6) is 0 Å². The van der Waals surface area contributed by atoms with Crippen molar-refractivity contribution in [1.29, 1.82) is 0 Å². The van der Waals surface area contributed by atoms with Gasteiger partial charge in [0.2, 0.25) is 0 Å². The lowest BCUT2D eigenvalue weighted by atomic mass is 10.0. The average molecular weight is 1340 g/mol. The highest BCUT2D eigenvalue weighted by Gasteiger charge is 2.30. The van der Waals surface area contributed by atoms with Crippen molar-refractivity contribution in [1.82, 2.24) is 0 Å². The van der Waals surface area contributed by atoms with Gasteiger partial charge in [0.15, 0.2) is 12.2 Å². The van der Waals surface area contributed by atoms with Crippen LogP contribution in [0.25, 0.3) is 0 Å². The van der Waals surface area contributed by atoms with Gasteiger partial charge in [0.1, 0.15) is 19.3 Å². The van der Waals surface area contributed by atoms with Gasteiger partial charge in [-0.05, 0) is 31.6 Å². The molecule has 91 heavy (non-hydrogen) atoms. The number of esters is 4. The van der Waals surface area contributed by atoms with Crippen LogP contribution in [0.4, 0.5) is 0 Å². The SMILES string of the molecule is CCCCCCCCCCCCCCCCCCCCC(=O)O[C@H](COC(=O)CCCCCCCCCCCCCCC)COP(=O)(O)OC[C@@H](O)COP(=O)(O)OC[C@@H](COC(=O)CCCCCCCCCC)OC(=O)CCCCCCCCCCCC(C)C. The fourth-order valence-corrected chi connectivity index (χ4v) is 12.6. The normalized spacial score (nSPS) is 14.0. The molecule has 0 heterocycles. The zero-order valence-corrected chi connectivity index (χ0v) is 60.8. The molecule has 3 N–H and O–H groups in total. The second-order valence-electron chi connectivity index (χ2n) is 26.5. The Labute approximate surface area is 556 Å². The lowest BCUT2D eigenvalue weighted by Crippen LogP contribution is -2.30. The molecule has 5 atom stereocenters. The van der Waals surface area contributed by atoms with Crippen LogP contribution in [0.2, 0.25) is 0 Å². The number of aliphatic hydroxyl groups excluding tert-OH is 1. The summed E-state index contributed by atoms with van der Waals surface area (Å²) in [7, 11) is -9.90. The molecule has 0 bridgehead atoms. The van der Waals surface area contributed by atoms with Gasteiger partial charge in [-0.2, -0.15) is 0 Å². The number of carbonyl (C=O) groups is 4. The highest BCUT2D eigenvalue weighted by Crippen LogP contribution is 2.45. The molecule has 19 heteroatoms. The van der Waals surface area contributed by atoms with Gasteiger partial charge in [-0.3, -0.25) is 37.3 Å². The first kappa shape index (κ1) is 89.1. The Balaban J connectivity index is 5.21. The largest absolute Gasteiger partial charge is 0.472 e. The molecule has 0 aromatic rings. The molecule has 0 saturated carbocycles. The molecule has 0 radical (unpaired) electrons. The number of phosphoric ester groups is 2. The van der Waals surface area contributed by atoms with E-state index < -0.39 is 97.5 Å². The molecule has 0 aliphatic rings. The summed E-state index contributed by atoms with van der Waals surface area (Å²) in [5.41, 5.74) is 0. The van der Waals surface area contributed by atoms with E-state index in [1.54, 1.807) is 0 Å². The lowest BCUT2D eigenvalue weighted by molar-refractivity contribution is -0.161. The van der Waals surface area contributed by atoms with Gasteiger partial charge in [0.25, 0.3) is 0 Å². The molecule has 0 aromatic carbocycles. The summed E-state index contributed by atoms with van der Waals surface area (Å²) in [6, 6.07) is 0. The van der Waals surface area contributed by atoms with Gasteiger partial charge in [-0.15, -0.1) is 0 Å². The Morgan fingerprint density at radius 3 is 0.747 bits per heavy atom. The topological polar surface area (TPSA) is 237 Å². The van der Waals surface area contributed by atoms with Gasteiger partial charge in [0, 0.05) is 25.7 Å². The van der Waals surface area contributed by atoms with Crippen molar-refractivity contribution in [2.24, 2.45) is 5.92 Å². The molecule has 2 unspecified atom stereocenters. The first-order valence-electron chi connectivity index (χ1n) is 37.6. The van der Waals surface area contributed by atoms with E-state index in [9.17, 15) is 43.2 Å². The third-order valence-electron chi connectivity index (χ3n) is 16.8. The molecule has 0 spiro atoms. The smallest absolute Gasteiger partial charge is 0.462 e. The van der Waals surface area contributed by atoms with Crippen molar-refractivity contribution in [3.8, 4) is 0 Å². The molecule has 0 saturated heterocycles. The minimum Gasteiger partial charge on any atom is -0.462 e. The quantitative estimate of drug-likeness (QED) is 0.0222. The summed E-state index contributed by atoms with van der Waals surface area (Å²) >= 11 is 0. The number of hydrogen-bond donors (Lipinski definition) is 3. The minimum absolute atomic E-state index is 0.105. The molecule has 0 aliphatic carbocycles. The number of aliphatic hydroxyl groups is 1. The first-order valence-corrected chi connectivity index (χ1v) is 40.6. The summed E-state index contributed by atoms with van der Waals surface area (Å²) in [6.45, 7) is 7.22. The van der Waals surface area contributed by atoms with Crippen molar-refractivity contribution < 1.29 is 80.2 Å². The third-order valence-corrected chi connectivity index (χ3v) is 18.7. The zero-order valence-electron chi connectivity index (χ0n) is 59.0. The third kappa shape index (κ3) is 66.5. The average Bonchev–Trinajstić information content (AvgIpc) is 3.63. The van der Waals surface area contributed by atoms with Crippen LogP contribution in [-0.2, 0) is 65.4 Å². The van der Waals surface area contributed by atoms with Crippen LogP contribution < -0.4 is 0 Å². The number of phosphoric acid groups is 2. The summed E-state index contributed by atoms with van der Waals surface area (Å²) in [5, 5.41) is 10.6. The number of carbonyl (C=O) groups excluding carboxylic acids is 4. The molecule has 0 rings (SSSR count). The number of rotatable bonds is 72. The fourth-order valence-electron chi connectivity index (χ4n) is 11.0. The number of ether oxygens (including phenoxy) is 4. The Bertz CT molecular complexity index is 1750. The lowest BCUT2D eigenvalue weighted by Gasteiger charge is -2.21. The van der Waals surface area contributed by atoms with E-state index in [-0.39, 0.29) is 25.7 Å². The Kier molecular flexibility index (Phi) is 64.0.